The van der Waals surface area contributed by atoms with Crippen LogP contribution in [0, 0.1) is 5.92 Å². The van der Waals surface area contributed by atoms with Crippen LogP contribution in [0.4, 0.5) is 5.69 Å². The van der Waals surface area contributed by atoms with Crippen LogP contribution in [0.3, 0.4) is 0 Å². The zero-order valence-corrected chi connectivity index (χ0v) is 11.6. The van der Waals surface area contributed by atoms with Gasteiger partial charge in [-0.25, -0.2) is 0 Å². The molecule has 1 atom stereocenters. The lowest BCUT2D eigenvalue weighted by Gasteiger charge is -2.19. The predicted molar refractivity (Wildman–Crippen MR) is 75.5 cm³/mol. The van der Waals surface area contributed by atoms with Gasteiger partial charge in [-0.1, -0.05) is 15.9 Å². The maximum absolute atomic E-state index is 3.70. The van der Waals surface area contributed by atoms with Crippen molar-refractivity contribution in [2.45, 2.75) is 25.3 Å². The number of anilines is 1. The van der Waals surface area contributed by atoms with Crippen molar-refractivity contribution in [2.75, 3.05) is 24.5 Å². The predicted octanol–water partition coefficient (Wildman–Crippen LogP) is 3.03. The first kappa shape index (κ1) is 11.5. The van der Waals surface area contributed by atoms with E-state index in [-0.39, 0.29) is 0 Å². The average Bonchev–Trinajstić information content (AvgIpc) is 3.06. The maximum Gasteiger partial charge on any atom is 0.0367 e. The molecule has 1 aliphatic carbocycles. The fourth-order valence-corrected chi connectivity index (χ4v) is 2.73. The van der Waals surface area contributed by atoms with Gasteiger partial charge in [-0.05, 0) is 56.0 Å². The summed E-state index contributed by atoms with van der Waals surface area (Å²) in [6.45, 7) is 3.58. The van der Waals surface area contributed by atoms with Gasteiger partial charge in [0.25, 0.3) is 0 Å². The normalized spacial score (nSPS) is 24.3. The highest BCUT2D eigenvalue weighted by molar-refractivity contribution is 9.10. The summed E-state index contributed by atoms with van der Waals surface area (Å²) in [5.74, 6) is 0.983. The minimum Gasteiger partial charge on any atom is -0.370 e. The molecule has 0 bridgehead atoms. The van der Waals surface area contributed by atoms with Crippen LogP contribution in [0.5, 0.6) is 0 Å². The van der Waals surface area contributed by atoms with Crippen LogP contribution in [0.25, 0.3) is 0 Å². The number of benzene rings is 1. The Balaban J connectivity index is 1.53. The second kappa shape index (κ2) is 4.99. The lowest BCUT2D eigenvalue weighted by Crippen LogP contribution is -2.33. The third-order valence-electron chi connectivity index (χ3n) is 3.77. The Morgan fingerprint density at radius 3 is 2.65 bits per heavy atom. The Morgan fingerprint density at radius 1 is 1.18 bits per heavy atom. The largest absolute Gasteiger partial charge is 0.370 e. The minimum absolute atomic E-state index is 0.694. The lowest BCUT2D eigenvalue weighted by molar-refractivity contribution is 0.530. The molecule has 1 heterocycles. The van der Waals surface area contributed by atoms with Crippen molar-refractivity contribution in [3.63, 3.8) is 0 Å². The summed E-state index contributed by atoms with van der Waals surface area (Å²) < 4.78 is 1.16. The average molecular weight is 295 g/mol. The van der Waals surface area contributed by atoms with Crippen LogP contribution < -0.4 is 10.2 Å². The Kier molecular flexibility index (Phi) is 3.39. The SMILES string of the molecule is Brc1ccc(N2CCC(NCC3CC3)C2)cc1. The molecule has 1 aromatic rings. The standard InChI is InChI=1S/C14H19BrN2/c15-12-3-5-14(6-4-12)17-8-7-13(10-17)16-9-11-1-2-11/h3-6,11,13,16H,1-2,7-10H2. The van der Waals surface area contributed by atoms with Gasteiger partial charge in [-0.2, -0.15) is 0 Å². The molecule has 3 rings (SSSR count). The molecule has 2 aliphatic rings. The number of hydrogen-bond donors (Lipinski definition) is 1. The Bertz CT molecular complexity index is 372. The molecule has 0 aromatic heterocycles. The molecule has 1 aliphatic heterocycles. The summed E-state index contributed by atoms with van der Waals surface area (Å²) >= 11 is 3.48. The summed E-state index contributed by atoms with van der Waals surface area (Å²) in [6, 6.07) is 9.35. The molecule has 1 saturated heterocycles. The molecule has 92 valence electrons. The van der Waals surface area contributed by atoms with Gasteiger partial charge < -0.3 is 10.2 Å². The van der Waals surface area contributed by atoms with E-state index in [4.69, 9.17) is 0 Å². The van der Waals surface area contributed by atoms with Gasteiger partial charge in [0, 0.05) is 29.3 Å². The minimum atomic E-state index is 0.694. The van der Waals surface area contributed by atoms with Gasteiger partial charge in [-0.15, -0.1) is 0 Å². The molecule has 0 spiro atoms. The highest BCUT2D eigenvalue weighted by Crippen LogP contribution is 2.28. The van der Waals surface area contributed by atoms with E-state index in [1.54, 1.807) is 0 Å². The fraction of sp³-hybridized carbons (Fsp3) is 0.571. The van der Waals surface area contributed by atoms with Crippen LogP contribution in [0.1, 0.15) is 19.3 Å². The Labute approximate surface area is 112 Å². The van der Waals surface area contributed by atoms with Gasteiger partial charge in [0.1, 0.15) is 0 Å². The monoisotopic (exact) mass is 294 g/mol. The number of halogens is 1. The van der Waals surface area contributed by atoms with E-state index in [0.29, 0.717) is 6.04 Å². The molecule has 1 N–H and O–H groups in total. The molecule has 1 aromatic carbocycles. The summed E-state index contributed by atoms with van der Waals surface area (Å²) in [7, 11) is 0. The topological polar surface area (TPSA) is 15.3 Å². The van der Waals surface area contributed by atoms with E-state index in [1.165, 1.54) is 38.0 Å². The van der Waals surface area contributed by atoms with Gasteiger partial charge in [0.2, 0.25) is 0 Å². The summed E-state index contributed by atoms with van der Waals surface area (Å²) in [6.07, 6.45) is 4.16. The molecule has 0 radical (unpaired) electrons. The van der Waals surface area contributed by atoms with Gasteiger partial charge in [0.05, 0.1) is 0 Å². The van der Waals surface area contributed by atoms with Crippen LogP contribution in [0.2, 0.25) is 0 Å². The number of nitrogens with one attached hydrogen (secondary N) is 1. The quantitative estimate of drug-likeness (QED) is 0.918. The fourth-order valence-electron chi connectivity index (χ4n) is 2.47. The van der Waals surface area contributed by atoms with E-state index in [0.717, 1.165) is 16.9 Å². The second-order valence-electron chi connectivity index (χ2n) is 5.26. The van der Waals surface area contributed by atoms with Crippen molar-refractivity contribution in [1.29, 1.82) is 0 Å². The third kappa shape index (κ3) is 3.02. The van der Waals surface area contributed by atoms with E-state index in [1.807, 2.05) is 0 Å². The smallest absolute Gasteiger partial charge is 0.0367 e. The second-order valence-corrected chi connectivity index (χ2v) is 6.18. The molecular weight excluding hydrogens is 276 g/mol. The first-order valence-electron chi connectivity index (χ1n) is 6.55. The van der Waals surface area contributed by atoms with Crippen molar-refractivity contribution in [3.8, 4) is 0 Å². The summed E-state index contributed by atoms with van der Waals surface area (Å²) in [5, 5.41) is 3.70. The molecule has 3 heteroatoms. The first-order valence-corrected chi connectivity index (χ1v) is 7.34. The van der Waals surface area contributed by atoms with Crippen molar-refractivity contribution < 1.29 is 0 Å². The number of nitrogens with zero attached hydrogens (tertiary/aromatic N) is 1. The van der Waals surface area contributed by atoms with Crippen molar-refractivity contribution in [3.05, 3.63) is 28.7 Å². The van der Waals surface area contributed by atoms with Gasteiger partial charge in [0.15, 0.2) is 0 Å². The zero-order chi connectivity index (χ0) is 11.7. The maximum atomic E-state index is 3.70. The molecule has 2 fully saturated rings. The Hall–Kier alpha value is -0.540. The zero-order valence-electron chi connectivity index (χ0n) is 10.0. The van der Waals surface area contributed by atoms with E-state index >= 15 is 0 Å². The molecule has 17 heavy (non-hydrogen) atoms. The van der Waals surface area contributed by atoms with E-state index < -0.39 is 0 Å². The molecule has 1 saturated carbocycles. The van der Waals surface area contributed by atoms with Crippen LogP contribution in [0.15, 0.2) is 28.7 Å². The van der Waals surface area contributed by atoms with Crippen molar-refractivity contribution in [1.82, 2.24) is 5.32 Å². The van der Waals surface area contributed by atoms with Crippen molar-refractivity contribution >= 4 is 21.6 Å². The molecule has 0 amide bonds. The van der Waals surface area contributed by atoms with E-state index in [2.05, 4.69) is 50.4 Å². The molecular formula is C14H19BrN2. The lowest BCUT2D eigenvalue weighted by atomic mass is 10.2. The highest BCUT2D eigenvalue weighted by atomic mass is 79.9. The first-order chi connectivity index (χ1) is 8.31. The van der Waals surface area contributed by atoms with Crippen LogP contribution in [-0.4, -0.2) is 25.7 Å². The van der Waals surface area contributed by atoms with Crippen LogP contribution >= 0.6 is 15.9 Å². The molecule has 1 unspecified atom stereocenters. The van der Waals surface area contributed by atoms with Gasteiger partial charge >= 0.3 is 0 Å². The van der Waals surface area contributed by atoms with E-state index in [9.17, 15) is 0 Å². The Morgan fingerprint density at radius 2 is 1.94 bits per heavy atom. The summed E-state index contributed by atoms with van der Waals surface area (Å²) in [4.78, 5) is 2.48. The van der Waals surface area contributed by atoms with Crippen LogP contribution in [-0.2, 0) is 0 Å². The van der Waals surface area contributed by atoms with Gasteiger partial charge in [-0.3, -0.25) is 0 Å². The molecule has 2 nitrogen and oxygen atoms in total. The number of rotatable bonds is 4. The summed E-state index contributed by atoms with van der Waals surface area (Å²) in [5.41, 5.74) is 1.35. The number of hydrogen-bond acceptors (Lipinski definition) is 2. The highest BCUT2D eigenvalue weighted by Gasteiger charge is 2.26. The van der Waals surface area contributed by atoms with Crippen molar-refractivity contribution in [2.24, 2.45) is 5.92 Å². The third-order valence-corrected chi connectivity index (χ3v) is 4.30.